The van der Waals surface area contributed by atoms with Crippen molar-refractivity contribution in [1.29, 1.82) is 0 Å². The Hall–Kier alpha value is -4.55. The summed E-state index contributed by atoms with van der Waals surface area (Å²) in [6.45, 7) is 1.96. The van der Waals surface area contributed by atoms with Gasteiger partial charge in [0.15, 0.2) is 5.15 Å². The van der Waals surface area contributed by atoms with Gasteiger partial charge >= 0.3 is 6.09 Å². The molecule has 1 aromatic carbocycles. The van der Waals surface area contributed by atoms with Crippen molar-refractivity contribution in [2.45, 2.75) is 13.5 Å². The van der Waals surface area contributed by atoms with Gasteiger partial charge in [-0.05, 0) is 59.3 Å². The summed E-state index contributed by atoms with van der Waals surface area (Å²) < 4.78 is 3.06. The van der Waals surface area contributed by atoms with Gasteiger partial charge in [-0.1, -0.05) is 23.2 Å². The van der Waals surface area contributed by atoms with Crippen molar-refractivity contribution in [2.24, 2.45) is 0 Å². The van der Waals surface area contributed by atoms with Crippen molar-refractivity contribution >= 4 is 35.1 Å². The molecule has 1 amide bonds. The quantitative estimate of drug-likeness (QED) is 0.293. The van der Waals surface area contributed by atoms with Crippen LogP contribution in [0.1, 0.15) is 11.5 Å². The lowest BCUT2D eigenvalue weighted by atomic mass is 10.0. The number of carbonyl (C=O) groups is 1. The molecule has 12 nitrogen and oxygen atoms in total. The number of rotatable bonds is 6. The van der Waals surface area contributed by atoms with Gasteiger partial charge in [-0.25, -0.2) is 14.8 Å². The number of pyridine rings is 2. The number of aromatic amines is 1. The molecule has 37 heavy (non-hydrogen) atoms. The van der Waals surface area contributed by atoms with Gasteiger partial charge in [0.25, 0.3) is 5.56 Å². The summed E-state index contributed by atoms with van der Waals surface area (Å²) in [4.78, 5) is 35.4. The van der Waals surface area contributed by atoms with Crippen LogP contribution in [0.15, 0.2) is 59.8 Å². The Morgan fingerprint density at radius 3 is 2.65 bits per heavy atom. The first-order valence-electron chi connectivity index (χ1n) is 10.7. The number of halogens is 2. The molecule has 0 saturated carbocycles. The zero-order chi connectivity index (χ0) is 26.1. The molecule has 0 radical (unpaired) electrons. The van der Waals surface area contributed by atoms with Crippen molar-refractivity contribution in [3.8, 4) is 28.1 Å². The van der Waals surface area contributed by atoms with Crippen LogP contribution in [0.3, 0.4) is 0 Å². The Balaban J connectivity index is 1.45. The van der Waals surface area contributed by atoms with Gasteiger partial charge in [-0.2, -0.15) is 4.68 Å². The monoisotopic (exact) mass is 537 g/mol. The molecule has 0 spiro atoms. The van der Waals surface area contributed by atoms with Gasteiger partial charge in [-0.3, -0.25) is 10.1 Å². The Morgan fingerprint density at radius 2 is 1.97 bits per heavy atom. The molecular weight excluding hydrogens is 521 g/mol. The second-order valence-corrected chi connectivity index (χ2v) is 8.73. The van der Waals surface area contributed by atoms with Crippen molar-refractivity contribution in [1.82, 2.24) is 39.7 Å². The number of nitrogens with zero attached hydrogens (tertiary/aromatic N) is 7. The van der Waals surface area contributed by atoms with Crippen LogP contribution in [0, 0.1) is 6.92 Å². The van der Waals surface area contributed by atoms with Crippen LogP contribution in [0.4, 0.5) is 10.6 Å². The molecule has 5 rings (SSSR count). The van der Waals surface area contributed by atoms with Crippen LogP contribution in [0.25, 0.3) is 28.1 Å². The van der Waals surface area contributed by atoms with Crippen LogP contribution >= 0.6 is 23.2 Å². The third kappa shape index (κ3) is 5.06. The Bertz CT molecular complexity index is 1660. The lowest BCUT2D eigenvalue weighted by molar-refractivity contribution is 0.209. The number of aryl methyl sites for hydroxylation is 1. The van der Waals surface area contributed by atoms with E-state index in [1.54, 1.807) is 28.8 Å². The van der Waals surface area contributed by atoms with E-state index in [0.717, 1.165) is 0 Å². The number of amides is 1. The molecule has 0 bridgehead atoms. The topological polar surface area (TPSA) is 156 Å². The number of H-pyrrole nitrogens is 1. The van der Waals surface area contributed by atoms with E-state index in [1.165, 1.54) is 29.3 Å². The van der Waals surface area contributed by atoms with Gasteiger partial charge in [0, 0.05) is 34.1 Å². The van der Waals surface area contributed by atoms with Gasteiger partial charge in [0.05, 0.1) is 17.9 Å². The largest absolute Gasteiger partial charge is 0.465 e. The second-order valence-electron chi connectivity index (χ2n) is 7.94. The van der Waals surface area contributed by atoms with Gasteiger partial charge in [-0.15, -0.1) is 5.10 Å². The normalized spacial score (nSPS) is 11.0. The Morgan fingerprint density at radius 1 is 1.14 bits per heavy atom. The highest BCUT2D eigenvalue weighted by atomic mass is 35.5. The fraction of sp³-hybridized carbons (Fsp3) is 0.0870. The number of nitrogens with one attached hydrogen (secondary N) is 2. The second kappa shape index (κ2) is 9.84. The minimum atomic E-state index is -1.21. The van der Waals surface area contributed by atoms with E-state index in [2.05, 4.69) is 35.8 Å². The van der Waals surface area contributed by atoms with E-state index in [9.17, 15) is 9.59 Å². The SMILES string of the molecule is Cc1cc(-c2cc(Cl)ccc2-n2cnnn2)cc(=O)n1Cc1nc(Cl)c(-c2ccc(NC(=O)O)nc2)[nH]1. The molecular formula is C23H17Cl2N9O3. The van der Waals surface area contributed by atoms with E-state index in [1.807, 2.05) is 13.0 Å². The molecule has 0 aliphatic rings. The molecule has 0 fully saturated rings. The van der Waals surface area contributed by atoms with E-state index < -0.39 is 6.09 Å². The zero-order valence-electron chi connectivity index (χ0n) is 19.1. The molecule has 0 saturated heterocycles. The summed E-state index contributed by atoms with van der Waals surface area (Å²) in [7, 11) is 0. The van der Waals surface area contributed by atoms with Crippen molar-refractivity contribution in [3.05, 3.63) is 87.0 Å². The third-order valence-electron chi connectivity index (χ3n) is 5.50. The number of benzene rings is 1. The summed E-state index contributed by atoms with van der Waals surface area (Å²) in [5.74, 6) is 0.639. The standard InChI is InChI=1S/C23H17Cl2N9O3/c1-12-6-14(16-8-15(24)3-4-17(16)34-11-27-31-32-34)7-20(35)33(12)10-19-28-21(22(25)29-19)13-2-5-18(26-9-13)30-23(36)37/h2-9,11H,10H2,1H3,(H,26,30)(H,28,29)(H,36,37). The number of hydrogen-bond acceptors (Lipinski definition) is 7. The molecule has 3 N–H and O–H groups in total. The van der Waals surface area contributed by atoms with Crippen molar-refractivity contribution in [3.63, 3.8) is 0 Å². The molecule has 0 unspecified atom stereocenters. The van der Waals surface area contributed by atoms with Gasteiger partial charge < -0.3 is 14.7 Å². The molecule has 14 heteroatoms. The first kappa shape index (κ1) is 24.2. The molecule has 0 aliphatic heterocycles. The number of hydrogen-bond donors (Lipinski definition) is 3. The average molecular weight is 538 g/mol. The van der Waals surface area contributed by atoms with Crippen LogP contribution in [-0.4, -0.2) is 50.9 Å². The van der Waals surface area contributed by atoms with Gasteiger partial charge in [0.2, 0.25) is 0 Å². The summed E-state index contributed by atoms with van der Waals surface area (Å²) in [6, 6.07) is 11.8. The summed E-state index contributed by atoms with van der Waals surface area (Å²) in [6.07, 6.45) is 1.72. The van der Waals surface area contributed by atoms with E-state index in [-0.39, 0.29) is 23.1 Å². The Kier molecular flexibility index (Phi) is 6.42. The fourth-order valence-corrected chi connectivity index (χ4v) is 4.27. The fourth-order valence-electron chi connectivity index (χ4n) is 3.84. The lowest BCUT2D eigenvalue weighted by Crippen LogP contribution is -2.23. The number of aromatic nitrogens is 8. The number of tetrazole rings is 1. The van der Waals surface area contributed by atoms with Crippen LogP contribution < -0.4 is 10.9 Å². The highest BCUT2D eigenvalue weighted by molar-refractivity contribution is 6.32. The minimum absolute atomic E-state index is 0.145. The highest BCUT2D eigenvalue weighted by Crippen LogP contribution is 2.30. The summed E-state index contributed by atoms with van der Waals surface area (Å²) in [5.41, 5.74) is 3.57. The van der Waals surface area contributed by atoms with E-state index in [0.29, 0.717) is 44.6 Å². The van der Waals surface area contributed by atoms with Gasteiger partial charge in [0.1, 0.15) is 18.0 Å². The highest BCUT2D eigenvalue weighted by Gasteiger charge is 2.16. The van der Waals surface area contributed by atoms with Crippen LogP contribution in [0.2, 0.25) is 10.2 Å². The maximum absolute atomic E-state index is 13.2. The smallest absolute Gasteiger partial charge is 0.410 e. The first-order chi connectivity index (χ1) is 17.8. The summed E-state index contributed by atoms with van der Waals surface area (Å²) in [5, 5.41) is 23.0. The van der Waals surface area contributed by atoms with Crippen molar-refractivity contribution < 1.29 is 9.90 Å². The zero-order valence-corrected chi connectivity index (χ0v) is 20.6. The molecule has 0 aliphatic carbocycles. The maximum Gasteiger partial charge on any atom is 0.410 e. The van der Waals surface area contributed by atoms with Crippen LogP contribution in [-0.2, 0) is 6.54 Å². The maximum atomic E-state index is 13.2. The number of imidazole rings is 1. The minimum Gasteiger partial charge on any atom is -0.465 e. The molecule has 0 atom stereocenters. The lowest BCUT2D eigenvalue weighted by Gasteiger charge is -2.13. The average Bonchev–Trinajstić information content (AvgIpc) is 3.51. The molecule has 186 valence electrons. The van der Waals surface area contributed by atoms with Crippen LogP contribution in [0.5, 0.6) is 0 Å². The number of anilines is 1. The predicted molar refractivity (Wildman–Crippen MR) is 136 cm³/mol. The van der Waals surface area contributed by atoms with Crippen molar-refractivity contribution in [2.75, 3.05) is 5.32 Å². The third-order valence-corrected chi connectivity index (χ3v) is 6.01. The number of carboxylic acid groups (broad SMARTS) is 1. The van der Waals surface area contributed by atoms with E-state index in [4.69, 9.17) is 28.3 Å². The molecule has 4 heterocycles. The molecule has 5 aromatic rings. The Labute approximate surface area is 218 Å². The molecule has 4 aromatic heterocycles. The summed E-state index contributed by atoms with van der Waals surface area (Å²) >= 11 is 12.6. The predicted octanol–water partition coefficient (Wildman–Crippen LogP) is 4.03. The first-order valence-corrected chi connectivity index (χ1v) is 11.5. The van der Waals surface area contributed by atoms with E-state index >= 15 is 0 Å².